The van der Waals surface area contributed by atoms with Crippen molar-refractivity contribution >= 4 is 40.7 Å². The number of non-ortho nitro benzene ring substituents is 1. The Balaban J connectivity index is 2.43. The Morgan fingerprint density at radius 2 is 1.96 bits per heavy atom. The van der Waals surface area contributed by atoms with Crippen LogP contribution in [0, 0.1) is 21.4 Å². The number of Topliss-reactive ketones (excluding diaryl/α,β-unsaturated/α-hetero) is 1. The molecule has 0 spiro atoms. The molecule has 2 aromatic rings. The molecule has 0 fully saturated rings. The van der Waals surface area contributed by atoms with Crippen molar-refractivity contribution in [2.75, 3.05) is 0 Å². The highest BCUT2D eigenvalue weighted by atomic mass is 35.5. The van der Waals surface area contributed by atoms with Crippen molar-refractivity contribution in [3.63, 3.8) is 0 Å². The molecule has 23 heavy (non-hydrogen) atoms. The lowest BCUT2D eigenvalue weighted by atomic mass is 10.0. The maximum atomic E-state index is 12.4. The number of nitrogens with zero attached hydrogens (tertiary/aromatic N) is 2. The summed E-state index contributed by atoms with van der Waals surface area (Å²) < 4.78 is 0. The summed E-state index contributed by atoms with van der Waals surface area (Å²) in [6.07, 6.45) is 1.32. The van der Waals surface area contributed by atoms with Crippen LogP contribution in [0.1, 0.15) is 15.9 Å². The van der Waals surface area contributed by atoms with Gasteiger partial charge in [-0.25, -0.2) is 0 Å². The van der Waals surface area contributed by atoms with Crippen molar-refractivity contribution < 1.29 is 9.72 Å². The van der Waals surface area contributed by atoms with Crippen LogP contribution in [0.2, 0.25) is 10.0 Å². The van der Waals surface area contributed by atoms with Gasteiger partial charge < -0.3 is 0 Å². The van der Waals surface area contributed by atoms with Crippen LogP contribution in [0.5, 0.6) is 0 Å². The second-order valence-electron chi connectivity index (χ2n) is 4.47. The molecule has 0 saturated heterocycles. The van der Waals surface area contributed by atoms with Crippen LogP contribution in [0.15, 0.2) is 48.0 Å². The predicted octanol–water partition coefficient (Wildman–Crippen LogP) is 4.69. The third kappa shape index (κ3) is 3.95. The molecule has 0 bridgehead atoms. The van der Waals surface area contributed by atoms with Crippen molar-refractivity contribution in [3.8, 4) is 6.07 Å². The molecular weight excluding hydrogens is 339 g/mol. The molecule has 0 unspecified atom stereocenters. The van der Waals surface area contributed by atoms with E-state index in [0.29, 0.717) is 10.6 Å². The molecule has 7 heteroatoms. The van der Waals surface area contributed by atoms with Crippen LogP contribution in [0.4, 0.5) is 5.69 Å². The van der Waals surface area contributed by atoms with E-state index in [1.165, 1.54) is 30.3 Å². The molecule has 0 radical (unpaired) electrons. The Hall–Kier alpha value is -2.68. The van der Waals surface area contributed by atoms with Crippen LogP contribution in [0.25, 0.3) is 6.08 Å². The Morgan fingerprint density at radius 1 is 1.22 bits per heavy atom. The Kier molecular flexibility index (Phi) is 5.12. The van der Waals surface area contributed by atoms with Crippen molar-refractivity contribution in [1.29, 1.82) is 5.26 Å². The summed E-state index contributed by atoms with van der Waals surface area (Å²) in [7, 11) is 0. The zero-order chi connectivity index (χ0) is 17.0. The molecule has 5 nitrogen and oxygen atoms in total. The lowest BCUT2D eigenvalue weighted by molar-refractivity contribution is -0.384. The van der Waals surface area contributed by atoms with E-state index in [1.807, 2.05) is 0 Å². The maximum absolute atomic E-state index is 12.4. The number of carbonyl (C=O) groups is 1. The fourth-order valence-electron chi connectivity index (χ4n) is 1.84. The molecule has 0 aliphatic heterocycles. The lowest BCUT2D eigenvalue weighted by Gasteiger charge is -2.02. The smallest absolute Gasteiger partial charge is 0.270 e. The minimum absolute atomic E-state index is 0.0529. The fourth-order valence-corrected chi connectivity index (χ4v) is 2.30. The molecule has 0 saturated carbocycles. The highest BCUT2D eigenvalue weighted by molar-refractivity contribution is 6.35. The number of allylic oxidation sites excluding steroid dienone is 1. The van der Waals surface area contributed by atoms with E-state index in [2.05, 4.69) is 0 Å². The molecule has 0 aromatic heterocycles. The summed E-state index contributed by atoms with van der Waals surface area (Å²) in [5.74, 6) is -0.623. The van der Waals surface area contributed by atoms with E-state index in [4.69, 9.17) is 23.2 Å². The van der Waals surface area contributed by atoms with Gasteiger partial charge in [0.05, 0.1) is 4.92 Å². The molecule has 114 valence electrons. The normalized spacial score (nSPS) is 10.9. The van der Waals surface area contributed by atoms with Crippen LogP contribution in [0.3, 0.4) is 0 Å². The summed E-state index contributed by atoms with van der Waals surface area (Å²) >= 11 is 11.8. The fraction of sp³-hybridized carbons (Fsp3) is 0. The van der Waals surface area contributed by atoms with E-state index in [1.54, 1.807) is 18.2 Å². The van der Waals surface area contributed by atoms with Crippen molar-refractivity contribution in [1.82, 2.24) is 0 Å². The average molecular weight is 347 g/mol. The molecule has 0 atom stereocenters. The van der Waals surface area contributed by atoms with E-state index in [0.717, 1.165) is 6.07 Å². The number of hydrogen-bond acceptors (Lipinski definition) is 4. The molecule has 0 aliphatic carbocycles. The van der Waals surface area contributed by atoms with E-state index in [9.17, 15) is 20.2 Å². The first-order valence-corrected chi connectivity index (χ1v) is 7.04. The number of nitro groups is 1. The van der Waals surface area contributed by atoms with Gasteiger partial charge in [0, 0.05) is 27.7 Å². The average Bonchev–Trinajstić information content (AvgIpc) is 2.53. The van der Waals surface area contributed by atoms with Gasteiger partial charge in [-0.3, -0.25) is 14.9 Å². The maximum Gasteiger partial charge on any atom is 0.270 e. The summed E-state index contributed by atoms with van der Waals surface area (Å²) in [5, 5.41) is 20.7. The van der Waals surface area contributed by atoms with Gasteiger partial charge in [-0.15, -0.1) is 0 Å². The molecule has 0 aliphatic rings. The first kappa shape index (κ1) is 16.7. The largest absolute Gasteiger partial charge is 0.288 e. The predicted molar refractivity (Wildman–Crippen MR) is 87.5 cm³/mol. The van der Waals surface area contributed by atoms with Crippen molar-refractivity contribution in [2.24, 2.45) is 0 Å². The summed E-state index contributed by atoms with van der Waals surface area (Å²) in [5.41, 5.74) is 0.0934. The molecule has 2 rings (SSSR count). The minimum Gasteiger partial charge on any atom is -0.288 e. The molecule has 0 amide bonds. The number of rotatable bonds is 4. The van der Waals surface area contributed by atoms with Gasteiger partial charge in [-0.2, -0.15) is 5.26 Å². The number of hydrogen-bond donors (Lipinski definition) is 0. The molecule has 2 aromatic carbocycles. The van der Waals surface area contributed by atoms with Gasteiger partial charge >= 0.3 is 0 Å². The van der Waals surface area contributed by atoms with E-state index in [-0.39, 0.29) is 21.8 Å². The van der Waals surface area contributed by atoms with Crippen LogP contribution in [-0.4, -0.2) is 10.7 Å². The van der Waals surface area contributed by atoms with Crippen molar-refractivity contribution in [3.05, 3.63) is 79.3 Å². The third-order valence-corrected chi connectivity index (χ3v) is 3.51. The summed E-state index contributed by atoms with van der Waals surface area (Å²) in [4.78, 5) is 22.5. The number of nitro benzene ring substituents is 1. The Bertz CT molecular complexity index is 870. The monoisotopic (exact) mass is 346 g/mol. The second kappa shape index (κ2) is 7.05. The van der Waals surface area contributed by atoms with Gasteiger partial charge in [0.2, 0.25) is 5.78 Å². The van der Waals surface area contributed by atoms with Gasteiger partial charge in [-0.1, -0.05) is 41.4 Å². The Labute approximate surface area is 141 Å². The summed E-state index contributed by atoms with van der Waals surface area (Å²) in [6.45, 7) is 0. The third-order valence-electron chi connectivity index (χ3n) is 2.95. The molecule has 0 N–H and O–H groups in total. The number of benzene rings is 2. The molecular formula is C16H8Cl2N2O3. The van der Waals surface area contributed by atoms with E-state index >= 15 is 0 Å². The van der Waals surface area contributed by atoms with Crippen LogP contribution >= 0.6 is 23.2 Å². The first-order valence-electron chi connectivity index (χ1n) is 6.28. The van der Waals surface area contributed by atoms with Gasteiger partial charge in [0.25, 0.3) is 5.69 Å². The second-order valence-corrected chi connectivity index (χ2v) is 5.32. The number of halogens is 2. The first-order chi connectivity index (χ1) is 10.9. The van der Waals surface area contributed by atoms with Gasteiger partial charge in [-0.05, 0) is 23.8 Å². The topological polar surface area (TPSA) is 84.0 Å². The number of nitriles is 1. The zero-order valence-electron chi connectivity index (χ0n) is 11.5. The van der Waals surface area contributed by atoms with Crippen molar-refractivity contribution in [2.45, 2.75) is 0 Å². The summed E-state index contributed by atoms with van der Waals surface area (Å²) in [6, 6.07) is 11.6. The minimum atomic E-state index is -0.623. The van der Waals surface area contributed by atoms with Gasteiger partial charge in [0.1, 0.15) is 11.6 Å². The molecule has 0 heterocycles. The highest BCUT2D eigenvalue weighted by Gasteiger charge is 2.16. The zero-order valence-corrected chi connectivity index (χ0v) is 13.0. The standard InChI is InChI=1S/C16H8Cl2N2O3/c17-13-5-4-10(15(18)8-13)6-12(9-19)16(21)11-2-1-3-14(7-11)20(22)23/h1-8H/b12-6+. The number of ketones is 1. The SMILES string of the molecule is N#C/C(=C\c1ccc(Cl)cc1Cl)C(=O)c1cccc([N+](=O)[O-])c1. The Morgan fingerprint density at radius 3 is 2.57 bits per heavy atom. The lowest BCUT2D eigenvalue weighted by Crippen LogP contribution is -2.03. The number of carbonyl (C=O) groups excluding carboxylic acids is 1. The quantitative estimate of drug-likeness (QED) is 0.264. The van der Waals surface area contributed by atoms with Crippen LogP contribution < -0.4 is 0 Å². The highest BCUT2D eigenvalue weighted by Crippen LogP contribution is 2.24. The van der Waals surface area contributed by atoms with E-state index < -0.39 is 10.7 Å². The van der Waals surface area contributed by atoms with Gasteiger partial charge in [0.15, 0.2) is 0 Å². The van der Waals surface area contributed by atoms with Crippen LogP contribution in [-0.2, 0) is 0 Å².